The van der Waals surface area contributed by atoms with Crippen LogP contribution in [0.3, 0.4) is 0 Å². The van der Waals surface area contributed by atoms with E-state index in [4.69, 9.17) is 0 Å². The van der Waals surface area contributed by atoms with Crippen LogP contribution in [0.2, 0.25) is 0 Å². The number of nitrogens with zero attached hydrogens (tertiary/aromatic N) is 2. The smallest absolute Gasteiger partial charge is 0.213 e. The maximum Gasteiger partial charge on any atom is 0.213 e. The van der Waals surface area contributed by atoms with Crippen molar-refractivity contribution in [3.8, 4) is 22.4 Å². The van der Waals surface area contributed by atoms with Crippen LogP contribution in [0.4, 0.5) is 0 Å². The zero-order chi connectivity index (χ0) is 20.7. The number of hydrogen-bond donors (Lipinski definition) is 0. The number of pyridine rings is 2. The van der Waals surface area contributed by atoms with E-state index in [1.165, 1.54) is 44.3 Å². The average Bonchev–Trinajstić information content (AvgIpc) is 2.70. The molecule has 0 saturated heterocycles. The highest BCUT2D eigenvalue weighted by molar-refractivity contribution is 5.96. The second-order valence-corrected chi connectivity index (χ2v) is 8.46. The maximum atomic E-state index is 4.67. The molecule has 0 unspecified atom stereocenters. The Morgan fingerprint density at radius 2 is 1.69 bits per heavy atom. The Hall–Kier alpha value is -3.00. The highest BCUT2D eigenvalue weighted by Crippen LogP contribution is 2.31. The molecule has 2 aromatic heterocycles. The first-order valence-corrected chi connectivity index (χ1v) is 10.3. The molecule has 0 amide bonds. The van der Waals surface area contributed by atoms with Crippen molar-refractivity contribution in [1.82, 2.24) is 4.98 Å². The third-order valence-electron chi connectivity index (χ3n) is 5.91. The fraction of sp³-hybridized carbons (Fsp3) is 0.259. The van der Waals surface area contributed by atoms with Gasteiger partial charge >= 0.3 is 0 Å². The zero-order valence-electron chi connectivity index (χ0n) is 18.2. The molecule has 2 nitrogen and oxygen atoms in total. The summed E-state index contributed by atoms with van der Waals surface area (Å²) in [4.78, 5) is 4.67. The van der Waals surface area contributed by atoms with Gasteiger partial charge in [-0.3, -0.25) is 4.98 Å². The predicted molar refractivity (Wildman–Crippen MR) is 122 cm³/mol. The van der Waals surface area contributed by atoms with Crippen molar-refractivity contribution in [3.05, 3.63) is 83.3 Å². The van der Waals surface area contributed by atoms with Gasteiger partial charge < -0.3 is 0 Å². The molecule has 4 aromatic rings. The lowest BCUT2D eigenvalue weighted by Gasteiger charge is -2.12. The normalized spacial score (nSPS) is 11.4. The molecule has 0 saturated carbocycles. The van der Waals surface area contributed by atoms with Gasteiger partial charge in [-0.05, 0) is 60.9 Å². The molecule has 0 radical (unpaired) electrons. The first-order valence-electron chi connectivity index (χ1n) is 10.3. The molecular weight excluding hydrogens is 352 g/mol. The second kappa shape index (κ2) is 7.44. The summed E-state index contributed by atoms with van der Waals surface area (Å²) < 4.78 is 2.25. The van der Waals surface area contributed by atoms with Crippen LogP contribution in [0, 0.1) is 20.8 Å². The standard InChI is InChI=1S/C27H29N2/c1-17(2)26-11-10-22(15-28-26)23-9-7-8-21-14-27(29(6)16-25(21)23)24-13-18(3)12-19(4)20(24)5/h7-17H,1-6H3/q+1. The number of rotatable bonds is 3. The molecule has 0 bridgehead atoms. The highest BCUT2D eigenvalue weighted by Gasteiger charge is 2.17. The van der Waals surface area contributed by atoms with Crippen molar-refractivity contribution < 1.29 is 4.57 Å². The van der Waals surface area contributed by atoms with Gasteiger partial charge in [0.15, 0.2) is 6.20 Å². The predicted octanol–water partition coefficient (Wildman–Crippen LogP) is 6.44. The van der Waals surface area contributed by atoms with Gasteiger partial charge in [-0.25, -0.2) is 4.57 Å². The first-order chi connectivity index (χ1) is 13.8. The molecule has 0 spiro atoms. The van der Waals surface area contributed by atoms with Gasteiger partial charge in [0, 0.05) is 29.1 Å². The van der Waals surface area contributed by atoms with Gasteiger partial charge in [-0.1, -0.05) is 49.7 Å². The van der Waals surface area contributed by atoms with E-state index in [1.54, 1.807) is 0 Å². The van der Waals surface area contributed by atoms with E-state index >= 15 is 0 Å². The van der Waals surface area contributed by atoms with E-state index in [-0.39, 0.29) is 0 Å². The van der Waals surface area contributed by atoms with Crippen LogP contribution in [0.1, 0.15) is 42.1 Å². The molecule has 146 valence electrons. The van der Waals surface area contributed by atoms with Gasteiger partial charge in [0.1, 0.15) is 7.05 Å². The Morgan fingerprint density at radius 1 is 0.897 bits per heavy atom. The van der Waals surface area contributed by atoms with Crippen LogP contribution in [0.15, 0.2) is 60.9 Å². The summed E-state index contributed by atoms with van der Waals surface area (Å²) in [5, 5.41) is 2.50. The van der Waals surface area contributed by atoms with Crippen LogP contribution in [0.5, 0.6) is 0 Å². The summed E-state index contributed by atoms with van der Waals surface area (Å²) in [5.74, 6) is 0.443. The van der Waals surface area contributed by atoms with Crippen molar-refractivity contribution in [2.75, 3.05) is 0 Å². The quantitative estimate of drug-likeness (QED) is 0.373. The largest absolute Gasteiger partial charge is 0.260 e. The maximum absolute atomic E-state index is 4.67. The molecular formula is C27H29N2+. The van der Waals surface area contributed by atoms with E-state index in [0.29, 0.717) is 5.92 Å². The summed E-state index contributed by atoms with van der Waals surface area (Å²) in [6, 6.07) is 17.7. The van der Waals surface area contributed by atoms with Crippen molar-refractivity contribution in [3.63, 3.8) is 0 Å². The van der Waals surface area contributed by atoms with E-state index in [0.717, 1.165) is 11.3 Å². The van der Waals surface area contributed by atoms with E-state index in [9.17, 15) is 0 Å². The Bertz CT molecular complexity index is 1200. The zero-order valence-corrected chi connectivity index (χ0v) is 18.2. The molecule has 4 rings (SSSR count). The number of aryl methyl sites for hydroxylation is 3. The number of aromatic nitrogens is 2. The van der Waals surface area contributed by atoms with E-state index in [1.807, 2.05) is 6.20 Å². The number of benzene rings is 2. The van der Waals surface area contributed by atoms with Gasteiger partial charge in [0.05, 0.1) is 5.39 Å². The third kappa shape index (κ3) is 3.55. The fourth-order valence-electron chi connectivity index (χ4n) is 4.10. The molecule has 0 aliphatic rings. The monoisotopic (exact) mass is 381 g/mol. The van der Waals surface area contributed by atoms with Crippen LogP contribution in [-0.2, 0) is 7.05 Å². The number of fused-ring (bicyclic) bond motifs is 1. The minimum absolute atomic E-state index is 0.443. The average molecular weight is 382 g/mol. The fourth-order valence-corrected chi connectivity index (χ4v) is 4.10. The minimum Gasteiger partial charge on any atom is -0.260 e. The number of hydrogen-bond acceptors (Lipinski definition) is 1. The summed E-state index contributed by atoms with van der Waals surface area (Å²) in [7, 11) is 2.14. The van der Waals surface area contributed by atoms with Crippen LogP contribution < -0.4 is 4.57 Å². The Kier molecular flexibility index (Phi) is 4.96. The molecule has 0 aliphatic carbocycles. The Labute approximate surface area is 173 Å². The van der Waals surface area contributed by atoms with Crippen LogP contribution in [-0.4, -0.2) is 4.98 Å². The molecule has 2 aromatic carbocycles. The topological polar surface area (TPSA) is 16.8 Å². The summed E-state index contributed by atoms with van der Waals surface area (Å²) >= 11 is 0. The van der Waals surface area contributed by atoms with Crippen molar-refractivity contribution >= 4 is 10.8 Å². The summed E-state index contributed by atoms with van der Waals surface area (Å²) in [6.07, 6.45) is 4.26. The van der Waals surface area contributed by atoms with Crippen LogP contribution >= 0.6 is 0 Å². The van der Waals surface area contributed by atoms with E-state index in [2.05, 4.69) is 106 Å². The third-order valence-corrected chi connectivity index (χ3v) is 5.91. The van der Waals surface area contributed by atoms with Gasteiger partial charge in [-0.2, -0.15) is 0 Å². The van der Waals surface area contributed by atoms with Crippen molar-refractivity contribution in [2.24, 2.45) is 7.05 Å². The van der Waals surface area contributed by atoms with Crippen LogP contribution in [0.25, 0.3) is 33.2 Å². The summed E-state index contributed by atoms with van der Waals surface area (Å²) in [5.41, 5.74) is 10.0. The molecule has 0 fully saturated rings. The lowest BCUT2D eigenvalue weighted by molar-refractivity contribution is -0.659. The van der Waals surface area contributed by atoms with Crippen molar-refractivity contribution in [2.45, 2.75) is 40.5 Å². The highest BCUT2D eigenvalue weighted by atomic mass is 14.9. The van der Waals surface area contributed by atoms with Crippen molar-refractivity contribution in [1.29, 1.82) is 0 Å². The van der Waals surface area contributed by atoms with E-state index < -0.39 is 0 Å². The Balaban J connectivity index is 1.89. The molecule has 0 aliphatic heterocycles. The first kappa shape index (κ1) is 19.3. The minimum atomic E-state index is 0.443. The summed E-state index contributed by atoms with van der Waals surface area (Å²) in [6.45, 7) is 10.9. The lowest BCUT2D eigenvalue weighted by atomic mass is 9.95. The van der Waals surface area contributed by atoms with Gasteiger partial charge in [0.2, 0.25) is 5.69 Å². The second-order valence-electron chi connectivity index (χ2n) is 8.46. The van der Waals surface area contributed by atoms with Gasteiger partial charge in [-0.15, -0.1) is 0 Å². The Morgan fingerprint density at radius 3 is 2.38 bits per heavy atom. The molecule has 2 heteroatoms. The molecule has 0 atom stereocenters. The molecule has 0 N–H and O–H groups in total. The molecule has 29 heavy (non-hydrogen) atoms. The molecule has 2 heterocycles. The SMILES string of the molecule is Cc1cc(C)c(C)c(-c2cc3cccc(-c4ccc(C(C)C)nc4)c3c[n+]2C)c1. The van der Waals surface area contributed by atoms with Gasteiger partial charge in [0.25, 0.3) is 0 Å². The lowest BCUT2D eigenvalue weighted by Crippen LogP contribution is -2.30.